The van der Waals surface area contributed by atoms with Gasteiger partial charge in [-0.2, -0.15) is 5.10 Å². The third-order valence-electron chi connectivity index (χ3n) is 4.89. The molecule has 0 aliphatic rings. The number of aryl methyl sites for hydroxylation is 1. The summed E-state index contributed by atoms with van der Waals surface area (Å²) in [6.07, 6.45) is -3.29. The van der Waals surface area contributed by atoms with Gasteiger partial charge in [-0.1, -0.05) is 24.3 Å². The Morgan fingerprint density at radius 3 is 2.64 bits per heavy atom. The van der Waals surface area contributed by atoms with Gasteiger partial charge in [-0.25, -0.2) is 9.97 Å². The molecular formula is C23H16F3N5O2. The highest BCUT2D eigenvalue weighted by atomic mass is 19.4. The van der Waals surface area contributed by atoms with Crippen molar-refractivity contribution in [2.45, 2.75) is 13.3 Å². The minimum atomic E-state index is -4.85. The lowest BCUT2D eigenvalue weighted by Gasteiger charge is -2.14. The molecule has 0 unspecified atom stereocenters. The summed E-state index contributed by atoms with van der Waals surface area (Å²) >= 11 is 0. The summed E-state index contributed by atoms with van der Waals surface area (Å²) in [5.41, 5.74) is 2.20. The number of ether oxygens (including phenoxy) is 1. The van der Waals surface area contributed by atoms with Crippen molar-refractivity contribution in [1.82, 2.24) is 20.2 Å². The Bertz CT molecular complexity index is 1430. The Kier molecular flexibility index (Phi) is 4.97. The molecule has 0 aliphatic heterocycles. The molecular weight excluding hydrogens is 435 g/mol. The number of fused-ring (bicyclic) bond motifs is 1. The zero-order chi connectivity index (χ0) is 23.0. The van der Waals surface area contributed by atoms with E-state index in [2.05, 4.69) is 30.2 Å². The molecule has 0 saturated heterocycles. The van der Waals surface area contributed by atoms with Crippen molar-refractivity contribution < 1.29 is 22.3 Å². The highest BCUT2D eigenvalue weighted by Gasteiger charge is 2.32. The largest absolute Gasteiger partial charge is 0.573 e. The number of aromatic amines is 1. The van der Waals surface area contributed by atoms with Crippen LogP contribution >= 0.6 is 0 Å². The molecule has 0 amide bonds. The first-order valence-electron chi connectivity index (χ1n) is 9.86. The number of halogens is 3. The molecule has 0 fully saturated rings. The highest BCUT2D eigenvalue weighted by Crippen LogP contribution is 2.35. The SMILES string of the molecule is Cc1cccc2c(Nc3cc(-c4ccco4)[nH]n3)nc(-c3ccccc3OC(F)(F)F)nc12. The number of para-hydroxylation sites is 2. The van der Waals surface area contributed by atoms with E-state index < -0.39 is 6.36 Å². The van der Waals surface area contributed by atoms with Gasteiger partial charge in [0.25, 0.3) is 0 Å². The fraction of sp³-hybridized carbons (Fsp3) is 0.0870. The van der Waals surface area contributed by atoms with Crippen molar-refractivity contribution in [3.05, 3.63) is 72.5 Å². The number of furan rings is 1. The average Bonchev–Trinajstić information content (AvgIpc) is 3.46. The molecule has 0 spiro atoms. The van der Waals surface area contributed by atoms with Crippen LogP contribution in [0.4, 0.5) is 24.8 Å². The Hall–Kier alpha value is -4.34. The lowest BCUT2D eigenvalue weighted by molar-refractivity contribution is -0.274. The van der Waals surface area contributed by atoms with Crippen molar-refractivity contribution in [2.24, 2.45) is 0 Å². The maximum Gasteiger partial charge on any atom is 0.573 e. The van der Waals surface area contributed by atoms with Crippen molar-refractivity contribution in [1.29, 1.82) is 0 Å². The summed E-state index contributed by atoms with van der Waals surface area (Å²) in [7, 11) is 0. The number of H-pyrrole nitrogens is 1. The lowest BCUT2D eigenvalue weighted by Crippen LogP contribution is -2.17. The van der Waals surface area contributed by atoms with Crippen molar-refractivity contribution in [3.63, 3.8) is 0 Å². The van der Waals surface area contributed by atoms with Crippen LogP contribution in [-0.2, 0) is 0 Å². The maximum atomic E-state index is 12.9. The smallest absolute Gasteiger partial charge is 0.463 e. The number of anilines is 2. The fourth-order valence-electron chi connectivity index (χ4n) is 3.44. The summed E-state index contributed by atoms with van der Waals surface area (Å²) < 4.78 is 48.4. The van der Waals surface area contributed by atoms with E-state index >= 15 is 0 Å². The van der Waals surface area contributed by atoms with Crippen LogP contribution in [0.5, 0.6) is 5.75 Å². The maximum absolute atomic E-state index is 12.9. The number of hydrogen-bond acceptors (Lipinski definition) is 6. The molecule has 0 atom stereocenters. The van der Waals surface area contributed by atoms with Crippen LogP contribution in [0.3, 0.4) is 0 Å². The van der Waals surface area contributed by atoms with E-state index in [-0.39, 0.29) is 17.1 Å². The minimum Gasteiger partial charge on any atom is -0.463 e. The first-order chi connectivity index (χ1) is 15.9. The molecule has 2 N–H and O–H groups in total. The van der Waals surface area contributed by atoms with E-state index in [0.29, 0.717) is 34.0 Å². The van der Waals surface area contributed by atoms with Crippen LogP contribution in [0, 0.1) is 6.92 Å². The second kappa shape index (κ2) is 7.97. The quantitative estimate of drug-likeness (QED) is 0.329. The van der Waals surface area contributed by atoms with Crippen molar-refractivity contribution in [3.8, 4) is 28.6 Å². The second-order valence-corrected chi connectivity index (χ2v) is 7.18. The zero-order valence-electron chi connectivity index (χ0n) is 17.1. The third-order valence-corrected chi connectivity index (χ3v) is 4.89. The minimum absolute atomic E-state index is 0.0842. The summed E-state index contributed by atoms with van der Waals surface area (Å²) in [5, 5.41) is 10.9. The number of hydrogen-bond donors (Lipinski definition) is 2. The second-order valence-electron chi connectivity index (χ2n) is 7.18. The summed E-state index contributed by atoms with van der Waals surface area (Å²) in [5.74, 6) is 1.15. The number of nitrogens with zero attached hydrogens (tertiary/aromatic N) is 3. The summed E-state index contributed by atoms with van der Waals surface area (Å²) in [4.78, 5) is 9.07. The molecule has 2 aromatic carbocycles. The number of nitrogens with one attached hydrogen (secondary N) is 2. The predicted molar refractivity (Wildman–Crippen MR) is 116 cm³/mol. The van der Waals surface area contributed by atoms with E-state index in [9.17, 15) is 13.2 Å². The predicted octanol–water partition coefficient (Wildman–Crippen LogP) is 6.23. The molecule has 166 valence electrons. The Labute approximate surface area is 185 Å². The molecule has 33 heavy (non-hydrogen) atoms. The summed E-state index contributed by atoms with van der Waals surface area (Å²) in [6.45, 7) is 1.87. The topological polar surface area (TPSA) is 88.9 Å². The third kappa shape index (κ3) is 4.22. The highest BCUT2D eigenvalue weighted by molar-refractivity contribution is 5.94. The molecule has 0 radical (unpaired) electrons. The standard InChI is InChI=1S/C23H16F3N5O2/c1-13-6-4-8-15-20(13)28-21(14-7-2-3-9-17(14)33-23(24,25)26)29-22(15)27-19-12-16(30-31-19)18-10-5-11-32-18/h2-12H,1H3,(H2,27,28,29,30,31). The van der Waals surface area contributed by atoms with Crippen LogP contribution in [0.25, 0.3) is 33.7 Å². The number of rotatable bonds is 5. The van der Waals surface area contributed by atoms with Gasteiger partial charge < -0.3 is 14.5 Å². The van der Waals surface area contributed by atoms with Gasteiger partial charge in [-0.05, 0) is 42.8 Å². The molecule has 7 nitrogen and oxygen atoms in total. The van der Waals surface area contributed by atoms with Gasteiger partial charge in [0.1, 0.15) is 17.3 Å². The van der Waals surface area contributed by atoms with Gasteiger partial charge in [0.15, 0.2) is 17.4 Å². The van der Waals surface area contributed by atoms with Gasteiger partial charge in [-0.3, -0.25) is 5.10 Å². The Balaban J connectivity index is 1.61. The first-order valence-corrected chi connectivity index (χ1v) is 9.86. The molecule has 0 saturated carbocycles. The van der Waals surface area contributed by atoms with Gasteiger partial charge in [0.05, 0.1) is 17.3 Å². The average molecular weight is 451 g/mol. The Morgan fingerprint density at radius 1 is 1.00 bits per heavy atom. The molecule has 10 heteroatoms. The van der Waals surface area contributed by atoms with Gasteiger partial charge in [0.2, 0.25) is 0 Å². The fourth-order valence-corrected chi connectivity index (χ4v) is 3.44. The number of aromatic nitrogens is 4. The van der Waals surface area contributed by atoms with Crippen LogP contribution in [0.15, 0.2) is 71.3 Å². The van der Waals surface area contributed by atoms with Gasteiger partial charge >= 0.3 is 6.36 Å². The molecule has 3 heterocycles. The van der Waals surface area contributed by atoms with E-state index in [1.165, 1.54) is 18.2 Å². The molecule has 3 aromatic heterocycles. The van der Waals surface area contributed by atoms with Gasteiger partial charge in [0, 0.05) is 11.5 Å². The number of alkyl halides is 3. The lowest BCUT2D eigenvalue weighted by atomic mass is 10.1. The zero-order valence-corrected chi connectivity index (χ0v) is 17.1. The Morgan fingerprint density at radius 2 is 1.85 bits per heavy atom. The van der Waals surface area contributed by atoms with Crippen LogP contribution in [0.1, 0.15) is 5.56 Å². The van der Waals surface area contributed by atoms with Crippen LogP contribution in [0.2, 0.25) is 0 Å². The van der Waals surface area contributed by atoms with E-state index in [0.717, 1.165) is 5.56 Å². The van der Waals surface area contributed by atoms with E-state index in [1.807, 2.05) is 25.1 Å². The first kappa shape index (κ1) is 20.6. The van der Waals surface area contributed by atoms with E-state index in [4.69, 9.17) is 4.42 Å². The van der Waals surface area contributed by atoms with Gasteiger partial charge in [-0.15, -0.1) is 13.2 Å². The van der Waals surface area contributed by atoms with Crippen LogP contribution < -0.4 is 10.1 Å². The van der Waals surface area contributed by atoms with Crippen molar-refractivity contribution in [2.75, 3.05) is 5.32 Å². The summed E-state index contributed by atoms with van der Waals surface area (Å²) in [6, 6.07) is 16.6. The van der Waals surface area contributed by atoms with E-state index in [1.54, 1.807) is 30.5 Å². The number of benzene rings is 2. The normalized spacial score (nSPS) is 11.6. The van der Waals surface area contributed by atoms with Crippen LogP contribution in [-0.4, -0.2) is 26.5 Å². The molecule has 5 rings (SSSR count). The van der Waals surface area contributed by atoms with Crippen molar-refractivity contribution >= 4 is 22.5 Å². The molecule has 0 bridgehead atoms. The monoisotopic (exact) mass is 451 g/mol. The molecule has 0 aliphatic carbocycles. The molecule has 5 aromatic rings.